The zero-order valence-corrected chi connectivity index (χ0v) is 7.86. The van der Waals surface area contributed by atoms with Gasteiger partial charge in [-0.25, -0.2) is 4.79 Å². The first-order chi connectivity index (χ1) is 6.51. The Kier molecular flexibility index (Phi) is 5.77. The molecular formula is C7H15N3O4. The number of aliphatic hydroxyl groups is 2. The number of carbonyl (C=O) groups is 2. The molecule has 3 amide bonds. The molecule has 14 heavy (non-hydrogen) atoms. The molecule has 7 nitrogen and oxygen atoms in total. The van der Waals surface area contributed by atoms with Gasteiger partial charge >= 0.3 is 6.03 Å². The lowest BCUT2D eigenvalue weighted by atomic mass is 10.2. The average molecular weight is 205 g/mol. The summed E-state index contributed by atoms with van der Waals surface area (Å²) in [6, 6.07) is -2.25. The van der Waals surface area contributed by atoms with Crippen molar-refractivity contribution in [2.24, 2.45) is 5.73 Å². The van der Waals surface area contributed by atoms with Crippen molar-refractivity contribution in [3.05, 3.63) is 0 Å². The summed E-state index contributed by atoms with van der Waals surface area (Å²) in [6.45, 7) is 0.881. The Morgan fingerprint density at radius 2 is 1.86 bits per heavy atom. The van der Waals surface area contributed by atoms with Crippen LogP contribution in [0.15, 0.2) is 0 Å². The van der Waals surface area contributed by atoms with Crippen LogP contribution < -0.4 is 16.4 Å². The maximum Gasteiger partial charge on any atom is 0.318 e. The van der Waals surface area contributed by atoms with Crippen LogP contribution in [0.3, 0.4) is 0 Å². The number of hydrogen-bond acceptors (Lipinski definition) is 5. The third-order valence-corrected chi connectivity index (χ3v) is 1.57. The molecule has 0 aliphatic heterocycles. The van der Waals surface area contributed by atoms with Gasteiger partial charge in [-0.3, -0.25) is 15.4 Å². The molecule has 0 rings (SSSR count). The topological polar surface area (TPSA) is 125 Å². The fourth-order valence-corrected chi connectivity index (χ4v) is 0.822. The van der Waals surface area contributed by atoms with Crippen molar-refractivity contribution < 1.29 is 19.8 Å². The van der Waals surface area contributed by atoms with Gasteiger partial charge in [0.15, 0.2) is 0 Å². The number of aliphatic hydroxyl groups excluding tert-OH is 2. The van der Waals surface area contributed by atoms with Gasteiger partial charge in [-0.1, -0.05) is 0 Å². The number of nitrogens with one attached hydrogen (secondary N) is 2. The molecule has 0 aromatic carbocycles. The van der Waals surface area contributed by atoms with Crippen LogP contribution in [0.25, 0.3) is 0 Å². The summed E-state index contributed by atoms with van der Waals surface area (Å²) in [7, 11) is 0. The van der Waals surface area contributed by atoms with E-state index in [0.29, 0.717) is 0 Å². The van der Waals surface area contributed by atoms with Gasteiger partial charge in [0, 0.05) is 0 Å². The third-order valence-electron chi connectivity index (χ3n) is 1.57. The van der Waals surface area contributed by atoms with Crippen LogP contribution in [0.2, 0.25) is 0 Å². The van der Waals surface area contributed by atoms with Gasteiger partial charge in [0.2, 0.25) is 5.91 Å². The first kappa shape index (κ1) is 12.8. The third kappa shape index (κ3) is 4.75. The van der Waals surface area contributed by atoms with E-state index in [1.54, 1.807) is 0 Å². The van der Waals surface area contributed by atoms with Gasteiger partial charge in [0.25, 0.3) is 0 Å². The van der Waals surface area contributed by atoms with Crippen LogP contribution in [0.1, 0.15) is 6.92 Å². The molecule has 0 aliphatic rings. The Balaban J connectivity index is 3.99. The number of primary amides is 1. The largest absolute Gasteiger partial charge is 0.395 e. The lowest BCUT2D eigenvalue weighted by molar-refractivity contribution is -0.121. The van der Waals surface area contributed by atoms with E-state index >= 15 is 0 Å². The Labute approximate surface area is 81.3 Å². The Morgan fingerprint density at radius 3 is 2.21 bits per heavy atom. The average Bonchev–Trinajstić information content (AvgIpc) is 2.12. The number of urea groups is 1. The molecule has 1 atom stereocenters. The van der Waals surface area contributed by atoms with Gasteiger partial charge in [-0.05, 0) is 6.92 Å². The van der Waals surface area contributed by atoms with Crippen LogP contribution in [-0.4, -0.2) is 47.4 Å². The SMILES string of the molecule is CC(NC(CO)CO)C(=O)NC(N)=O. The van der Waals surface area contributed by atoms with Gasteiger partial charge in [0.05, 0.1) is 25.3 Å². The molecule has 0 heterocycles. The van der Waals surface area contributed by atoms with Crippen LogP contribution in [0.4, 0.5) is 4.79 Å². The highest BCUT2D eigenvalue weighted by molar-refractivity contribution is 5.96. The molecule has 0 aromatic heterocycles. The summed E-state index contributed by atoms with van der Waals surface area (Å²) in [5, 5.41) is 21.9. The number of imide groups is 1. The lowest BCUT2D eigenvalue weighted by Crippen LogP contribution is -2.51. The van der Waals surface area contributed by atoms with Crippen molar-refractivity contribution in [3.63, 3.8) is 0 Å². The molecule has 7 heteroatoms. The fourth-order valence-electron chi connectivity index (χ4n) is 0.822. The first-order valence-electron chi connectivity index (χ1n) is 4.09. The van der Waals surface area contributed by atoms with E-state index in [1.807, 2.05) is 5.32 Å². The minimum Gasteiger partial charge on any atom is -0.395 e. The minimum atomic E-state index is -0.937. The van der Waals surface area contributed by atoms with Crippen LogP contribution in [0.5, 0.6) is 0 Å². The summed E-state index contributed by atoms with van der Waals surface area (Å²) in [5.74, 6) is -0.607. The maximum atomic E-state index is 11.1. The van der Waals surface area contributed by atoms with Crippen molar-refractivity contribution in [2.45, 2.75) is 19.0 Å². The lowest BCUT2D eigenvalue weighted by Gasteiger charge is -2.18. The minimum absolute atomic E-state index is 0.301. The Bertz CT molecular complexity index is 205. The Morgan fingerprint density at radius 1 is 1.36 bits per heavy atom. The van der Waals surface area contributed by atoms with E-state index in [-0.39, 0.29) is 13.2 Å². The van der Waals surface area contributed by atoms with E-state index in [4.69, 9.17) is 15.9 Å². The van der Waals surface area contributed by atoms with E-state index in [9.17, 15) is 9.59 Å². The molecule has 0 saturated carbocycles. The second-order valence-corrected chi connectivity index (χ2v) is 2.80. The summed E-state index contributed by atoms with van der Waals surface area (Å²) in [4.78, 5) is 21.4. The zero-order chi connectivity index (χ0) is 11.1. The molecule has 0 saturated heterocycles. The van der Waals surface area contributed by atoms with Crippen LogP contribution in [-0.2, 0) is 4.79 Å². The van der Waals surface area contributed by atoms with E-state index < -0.39 is 24.0 Å². The van der Waals surface area contributed by atoms with Gasteiger partial charge in [0.1, 0.15) is 0 Å². The van der Waals surface area contributed by atoms with Crippen molar-refractivity contribution in [2.75, 3.05) is 13.2 Å². The monoisotopic (exact) mass is 205 g/mol. The molecule has 0 fully saturated rings. The highest BCUT2D eigenvalue weighted by Gasteiger charge is 2.17. The maximum absolute atomic E-state index is 11.1. The van der Waals surface area contributed by atoms with Crippen LogP contribution in [0, 0.1) is 0 Å². The number of hydrogen-bond donors (Lipinski definition) is 5. The van der Waals surface area contributed by atoms with Crippen molar-refractivity contribution in [3.8, 4) is 0 Å². The number of carbonyl (C=O) groups excluding carboxylic acids is 2. The highest BCUT2D eigenvalue weighted by Crippen LogP contribution is 1.87. The van der Waals surface area contributed by atoms with E-state index in [1.165, 1.54) is 6.92 Å². The number of amides is 3. The normalized spacial score (nSPS) is 12.6. The molecule has 0 radical (unpaired) electrons. The van der Waals surface area contributed by atoms with Gasteiger partial charge < -0.3 is 15.9 Å². The smallest absolute Gasteiger partial charge is 0.318 e. The molecule has 0 aromatic rings. The highest BCUT2D eigenvalue weighted by atomic mass is 16.3. The molecule has 0 spiro atoms. The molecule has 82 valence electrons. The van der Waals surface area contributed by atoms with Crippen molar-refractivity contribution >= 4 is 11.9 Å². The number of nitrogens with two attached hydrogens (primary N) is 1. The fraction of sp³-hybridized carbons (Fsp3) is 0.714. The summed E-state index contributed by atoms with van der Waals surface area (Å²) in [5.41, 5.74) is 4.73. The van der Waals surface area contributed by atoms with Crippen molar-refractivity contribution in [1.29, 1.82) is 0 Å². The predicted octanol–water partition coefficient (Wildman–Crippen LogP) is -2.49. The van der Waals surface area contributed by atoms with Crippen LogP contribution >= 0.6 is 0 Å². The molecule has 0 aliphatic carbocycles. The van der Waals surface area contributed by atoms with E-state index in [0.717, 1.165) is 0 Å². The van der Waals surface area contributed by atoms with Gasteiger partial charge in [-0.2, -0.15) is 0 Å². The first-order valence-corrected chi connectivity index (χ1v) is 4.09. The molecule has 0 bridgehead atoms. The second kappa shape index (κ2) is 6.30. The predicted molar refractivity (Wildman–Crippen MR) is 48.3 cm³/mol. The van der Waals surface area contributed by atoms with E-state index in [2.05, 4.69) is 5.32 Å². The molecule has 6 N–H and O–H groups in total. The molecular weight excluding hydrogens is 190 g/mol. The quantitative estimate of drug-likeness (QED) is 0.339. The van der Waals surface area contributed by atoms with Crippen molar-refractivity contribution in [1.82, 2.24) is 10.6 Å². The Hall–Kier alpha value is -1.18. The summed E-state index contributed by atoms with van der Waals surface area (Å²) in [6.07, 6.45) is 0. The number of rotatable bonds is 5. The summed E-state index contributed by atoms with van der Waals surface area (Å²) >= 11 is 0. The van der Waals surface area contributed by atoms with Gasteiger partial charge in [-0.15, -0.1) is 0 Å². The standard InChI is InChI=1S/C7H15N3O4/c1-4(6(13)10-7(8)14)9-5(2-11)3-12/h4-5,9,11-12H,2-3H2,1H3,(H3,8,10,13,14). The summed E-state index contributed by atoms with van der Waals surface area (Å²) < 4.78 is 0. The molecule has 1 unspecified atom stereocenters. The second-order valence-electron chi connectivity index (χ2n) is 2.80. The zero-order valence-electron chi connectivity index (χ0n) is 7.86.